The molecule has 1 saturated heterocycles. The molecule has 0 aromatic heterocycles. The third-order valence-corrected chi connectivity index (χ3v) is 5.07. The van der Waals surface area contributed by atoms with Gasteiger partial charge in [0.15, 0.2) is 0 Å². The van der Waals surface area contributed by atoms with E-state index in [1.165, 1.54) is 12.8 Å². The van der Waals surface area contributed by atoms with Gasteiger partial charge in [-0.1, -0.05) is 0 Å². The van der Waals surface area contributed by atoms with Crippen molar-refractivity contribution in [1.29, 1.82) is 0 Å². The summed E-state index contributed by atoms with van der Waals surface area (Å²) in [5, 5.41) is 0. The van der Waals surface area contributed by atoms with Gasteiger partial charge in [-0.05, 0) is 39.7 Å². The van der Waals surface area contributed by atoms with E-state index in [1.807, 2.05) is 0 Å². The number of nitrogens with zero attached hydrogens (tertiary/aromatic N) is 2. The largest absolute Gasteiger partial charge is 0.383 e. The summed E-state index contributed by atoms with van der Waals surface area (Å²) in [5.74, 6) is 0.741. The van der Waals surface area contributed by atoms with Crippen molar-refractivity contribution >= 4 is 0 Å². The average Bonchev–Trinajstić information content (AvgIpc) is 3.17. The summed E-state index contributed by atoms with van der Waals surface area (Å²) in [7, 11) is 4.03. The molecule has 3 unspecified atom stereocenters. The second-order valence-corrected chi connectivity index (χ2v) is 6.28. The average molecular weight is 255 g/mol. The van der Waals surface area contributed by atoms with Gasteiger partial charge in [0.2, 0.25) is 0 Å². The van der Waals surface area contributed by atoms with Crippen LogP contribution in [0.25, 0.3) is 0 Å². The second kappa shape index (κ2) is 5.45. The van der Waals surface area contributed by atoms with E-state index in [0.29, 0.717) is 18.6 Å². The van der Waals surface area contributed by atoms with Crippen LogP contribution in [0.15, 0.2) is 0 Å². The molecule has 2 rings (SSSR count). The Morgan fingerprint density at radius 2 is 1.78 bits per heavy atom. The Balaban J connectivity index is 2.15. The van der Waals surface area contributed by atoms with E-state index in [-0.39, 0.29) is 5.54 Å². The fourth-order valence-electron chi connectivity index (χ4n) is 3.46. The Bertz CT molecular complexity index is 270. The molecule has 2 fully saturated rings. The van der Waals surface area contributed by atoms with Crippen LogP contribution in [0.1, 0.15) is 26.7 Å². The lowest BCUT2D eigenvalue weighted by Gasteiger charge is -2.51. The summed E-state index contributed by atoms with van der Waals surface area (Å²) < 4.78 is 5.51. The van der Waals surface area contributed by atoms with Gasteiger partial charge in [-0.2, -0.15) is 0 Å². The summed E-state index contributed by atoms with van der Waals surface area (Å²) in [6, 6.07) is 1.19. The first-order valence-corrected chi connectivity index (χ1v) is 7.21. The van der Waals surface area contributed by atoms with Gasteiger partial charge in [0, 0.05) is 38.8 Å². The summed E-state index contributed by atoms with van der Waals surface area (Å²) >= 11 is 0. The molecule has 0 aromatic rings. The maximum atomic E-state index is 6.16. The lowest BCUT2D eigenvalue weighted by atomic mass is 9.89. The predicted molar refractivity (Wildman–Crippen MR) is 74.6 cm³/mol. The molecule has 4 heteroatoms. The molecule has 1 aliphatic carbocycles. The fraction of sp³-hybridized carbons (Fsp3) is 1.00. The van der Waals surface area contributed by atoms with Crippen LogP contribution in [0, 0.1) is 5.92 Å². The van der Waals surface area contributed by atoms with E-state index in [9.17, 15) is 0 Å². The van der Waals surface area contributed by atoms with Crippen molar-refractivity contribution in [1.82, 2.24) is 9.80 Å². The van der Waals surface area contributed by atoms with E-state index in [4.69, 9.17) is 10.5 Å². The van der Waals surface area contributed by atoms with Crippen molar-refractivity contribution in [3.05, 3.63) is 0 Å². The standard InChI is InChI=1S/C14H29N3O/c1-11-7-17(8-12(2)16(11)3)14(9-15,10-18-4)13-5-6-13/h11-13H,5-10,15H2,1-4H3. The molecule has 1 heterocycles. The Hall–Kier alpha value is -0.160. The zero-order valence-electron chi connectivity index (χ0n) is 12.4. The first kappa shape index (κ1) is 14.3. The minimum Gasteiger partial charge on any atom is -0.383 e. The molecule has 2 aliphatic rings. The molecule has 2 N–H and O–H groups in total. The molecule has 18 heavy (non-hydrogen) atoms. The maximum absolute atomic E-state index is 6.16. The number of hydrogen-bond donors (Lipinski definition) is 1. The van der Waals surface area contributed by atoms with Crippen LogP contribution >= 0.6 is 0 Å². The molecule has 0 radical (unpaired) electrons. The van der Waals surface area contributed by atoms with Crippen molar-refractivity contribution in [2.75, 3.05) is 40.4 Å². The molecule has 0 aromatic carbocycles. The smallest absolute Gasteiger partial charge is 0.0661 e. The highest BCUT2D eigenvalue weighted by molar-refractivity contribution is 5.06. The number of nitrogens with two attached hydrogens (primary N) is 1. The van der Waals surface area contributed by atoms with Gasteiger partial charge in [0.05, 0.1) is 12.1 Å². The SMILES string of the molecule is COCC(CN)(C1CC1)N1CC(C)N(C)C(C)C1. The predicted octanol–water partition coefficient (Wildman–Crippen LogP) is 0.765. The number of rotatable bonds is 5. The highest BCUT2D eigenvalue weighted by Gasteiger charge is 2.50. The van der Waals surface area contributed by atoms with Crippen LogP contribution in [0.4, 0.5) is 0 Å². The van der Waals surface area contributed by atoms with Crippen LogP contribution in [0.3, 0.4) is 0 Å². The van der Waals surface area contributed by atoms with Gasteiger partial charge in [-0.15, -0.1) is 0 Å². The Morgan fingerprint density at radius 1 is 1.22 bits per heavy atom. The number of hydrogen-bond acceptors (Lipinski definition) is 4. The molecule has 1 saturated carbocycles. The number of ether oxygens (including phenoxy) is 1. The lowest BCUT2D eigenvalue weighted by Crippen LogP contribution is -2.67. The first-order valence-electron chi connectivity index (χ1n) is 7.21. The van der Waals surface area contributed by atoms with Gasteiger partial charge in [0.1, 0.15) is 0 Å². The van der Waals surface area contributed by atoms with E-state index < -0.39 is 0 Å². The number of methoxy groups -OCH3 is 1. The Kier molecular flexibility index (Phi) is 4.32. The molecular formula is C14H29N3O. The molecule has 106 valence electrons. The lowest BCUT2D eigenvalue weighted by molar-refractivity contribution is -0.0536. The molecule has 0 spiro atoms. The minimum atomic E-state index is 0.0819. The van der Waals surface area contributed by atoms with Crippen LogP contribution in [0.2, 0.25) is 0 Å². The van der Waals surface area contributed by atoms with E-state index in [0.717, 1.165) is 25.6 Å². The molecule has 1 aliphatic heterocycles. The van der Waals surface area contributed by atoms with E-state index in [2.05, 4.69) is 30.7 Å². The summed E-state index contributed by atoms with van der Waals surface area (Å²) in [6.07, 6.45) is 2.63. The van der Waals surface area contributed by atoms with Crippen LogP contribution in [0.5, 0.6) is 0 Å². The van der Waals surface area contributed by atoms with Crippen LogP contribution in [-0.2, 0) is 4.74 Å². The first-order chi connectivity index (χ1) is 8.55. The van der Waals surface area contributed by atoms with Crippen molar-refractivity contribution < 1.29 is 4.74 Å². The van der Waals surface area contributed by atoms with E-state index in [1.54, 1.807) is 7.11 Å². The summed E-state index contributed by atoms with van der Waals surface area (Å²) in [4.78, 5) is 5.08. The van der Waals surface area contributed by atoms with Crippen LogP contribution < -0.4 is 5.73 Å². The minimum absolute atomic E-state index is 0.0819. The van der Waals surface area contributed by atoms with E-state index >= 15 is 0 Å². The normalized spacial score (nSPS) is 34.5. The fourth-order valence-corrected chi connectivity index (χ4v) is 3.46. The molecule has 3 atom stereocenters. The zero-order valence-corrected chi connectivity index (χ0v) is 12.4. The third-order valence-electron chi connectivity index (χ3n) is 5.07. The maximum Gasteiger partial charge on any atom is 0.0661 e. The molecule has 0 bridgehead atoms. The van der Waals surface area contributed by atoms with Crippen molar-refractivity contribution in [2.24, 2.45) is 11.7 Å². The Labute approximate surface area is 111 Å². The van der Waals surface area contributed by atoms with Crippen LogP contribution in [-0.4, -0.2) is 67.8 Å². The highest BCUT2D eigenvalue weighted by Crippen LogP contribution is 2.44. The summed E-state index contributed by atoms with van der Waals surface area (Å²) in [5.41, 5.74) is 6.24. The monoisotopic (exact) mass is 255 g/mol. The summed E-state index contributed by atoms with van der Waals surface area (Å²) in [6.45, 7) is 8.33. The van der Waals surface area contributed by atoms with Crippen molar-refractivity contribution in [3.63, 3.8) is 0 Å². The molecule has 4 nitrogen and oxygen atoms in total. The third kappa shape index (κ3) is 2.44. The number of piperazine rings is 1. The Morgan fingerprint density at radius 3 is 2.17 bits per heavy atom. The van der Waals surface area contributed by atoms with Gasteiger partial charge in [-0.25, -0.2) is 0 Å². The quantitative estimate of drug-likeness (QED) is 0.788. The van der Waals surface area contributed by atoms with Gasteiger partial charge in [-0.3, -0.25) is 9.80 Å². The second-order valence-electron chi connectivity index (χ2n) is 6.28. The van der Waals surface area contributed by atoms with Gasteiger partial charge in [0.25, 0.3) is 0 Å². The zero-order chi connectivity index (χ0) is 13.3. The molecular weight excluding hydrogens is 226 g/mol. The van der Waals surface area contributed by atoms with Crippen molar-refractivity contribution in [3.8, 4) is 0 Å². The topological polar surface area (TPSA) is 41.7 Å². The number of likely N-dealkylation sites (N-methyl/N-ethyl adjacent to an activating group) is 1. The highest BCUT2D eigenvalue weighted by atomic mass is 16.5. The van der Waals surface area contributed by atoms with Crippen molar-refractivity contribution in [2.45, 2.75) is 44.3 Å². The van der Waals surface area contributed by atoms with Gasteiger partial charge < -0.3 is 10.5 Å². The van der Waals surface area contributed by atoms with Gasteiger partial charge >= 0.3 is 0 Å². The molecule has 0 amide bonds.